The Morgan fingerprint density at radius 2 is 1.72 bits per heavy atom. The summed E-state index contributed by atoms with van der Waals surface area (Å²) in [6, 6.07) is 15.3. The van der Waals surface area contributed by atoms with Crippen molar-refractivity contribution in [2.24, 2.45) is 4.99 Å². The highest BCUT2D eigenvalue weighted by atomic mass is 79.9. The third-order valence-electron chi connectivity index (χ3n) is 5.09. The molecule has 2 aromatic rings. The molecule has 0 bridgehead atoms. The molecule has 0 unspecified atom stereocenters. The molecule has 0 amide bonds. The maximum atomic E-state index is 5.08. The van der Waals surface area contributed by atoms with Crippen LogP contribution in [0.5, 0.6) is 0 Å². The van der Waals surface area contributed by atoms with E-state index in [-0.39, 0.29) is 0 Å². The van der Waals surface area contributed by atoms with Gasteiger partial charge in [0, 0.05) is 22.1 Å². The lowest BCUT2D eigenvalue weighted by Gasteiger charge is -2.17. The van der Waals surface area contributed by atoms with Gasteiger partial charge in [-0.15, -0.1) is 0 Å². The molecule has 0 N–H and O–H groups in total. The fraction of sp³-hybridized carbons (Fsp3) is 0.409. The van der Waals surface area contributed by atoms with Crippen LogP contribution >= 0.6 is 15.9 Å². The Kier molecular flexibility index (Phi) is 6.44. The van der Waals surface area contributed by atoms with Crippen LogP contribution in [-0.2, 0) is 12.8 Å². The van der Waals surface area contributed by atoms with Gasteiger partial charge in [-0.25, -0.2) is 0 Å². The molecule has 1 aliphatic rings. The Morgan fingerprint density at radius 3 is 2.52 bits per heavy atom. The van der Waals surface area contributed by atoms with Crippen LogP contribution < -0.4 is 0 Å². The Labute approximate surface area is 160 Å². The predicted octanol–water partition coefficient (Wildman–Crippen LogP) is 5.12. The molecule has 0 atom stereocenters. The summed E-state index contributed by atoms with van der Waals surface area (Å²) in [5, 5.41) is 0. The molecule has 2 nitrogen and oxygen atoms in total. The van der Waals surface area contributed by atoms with Crippen LogP contribution in [0.2, 0.25) is 0 Å². The number of hydrogen-bond donors (Lipinski definition) is 0. The first-order valence-electron chi connectivity index (χ1n) is 9.37. The van der Waals surface area contributed by atoms with Gasteiger partial charge >= 0.3 is 0 Å². The number of nitrogens with zero attached hydrogens (tertiary/aromatic N) is 2. The van der Waals surface area contributed by atoms with Crippen molar-refractivity contribution in [3.63, 3.8) is 0 Å². The molecule has 2 aromatic carbocycles. The number of fused-ring (bicyclic) bond motifs is 2. The molecule has 1 aliphatic carbocycles. The van der Waals surface area contributed by atoms with E-state index in [2.05, 4.69) is 77.1 Å². The van der Waals surface area contributed by atoms with E-state index in [0.29, 0.717) is 0 Å². The lowest BCUT2D eigenvalue weighted by atomic mass is 9.98. The first-order valence-corrected chi connectivity index (χ1v) is 10.2. The molecule has 0 saturated carbocycles. The topological polar surface area (TPSA) is 15.6 Å². The molecule has 3 heteroatoms. The smallest absolute Gasteiger partial charge is 0.0724 e. The number of rotatable bonds is 6. The van der Waals surface area contributed by atoms with Crippen molar-refractivity contribution in [2.45, 2.75) is 33.1 Å². The van der Waals surface area contributed by atoms with Gasteiger partial charge in [-0.1, -0.05) is 66.2 Å². The van der Waals surface area contributed by atoms with Crippen molar-refractivity contribution >= 4 is 21.6 Å². The van der Waals surface area contributed by atoms with Crippen LogP contribution in [-0.4, -0.2) is 36.8 Å². The van der Waals surface area contributed by atoms with E-state index in [1.54, 1.807) is 0 Å². The minimum atomic E-state index is 0.881. The lowest BCUT2D eigenvalue weighted by molar-refractivity contribution is 0.302. The van der Waals surface area contributed by atoms with Gasteiger partial charge in [-0.3, -0.25) is 4.99 Å². The standard InChI is InChI=1S/C22H27BrN2/c1-3-25(4-2)16-8-15-24-22-18-10-6-5-9-17(18)13-14-19-20(22)11-7-12-21(19)23/h5-7,9-12H,3-4,8,13-16H2,1-2H3. The van der Waals surface area contributed by atoms with Crippen LogP contribution in [0.15, 0.2) is 51.9 Å². The average molecular weight is 399 g/mol. The minimum Gasteiger partial charge on any atom is -0.304 e. The van der Waals surface area contributed by atoms with Crippen molar-refractivity contribution in [1.29, 1.82) is 0 Å². The summed E-state index contributed by atoms with van der Waals surface area (Å²) < 4.78 is 1.20. The molecule has 0 aromatic heterocycles. The number of hydrogen-bond acceptors (Lipinski definition) is 2. The van der Waals surface area contributed by atoms with E-state index in [1.807, 2.05) is 0 Å². The van der Waals surface area contributed by atoms with Crippen molar-refractivity contribution in [3.05, 3.63) is 69.2 Å². The highest BCUT2D eigenvalue weighted by Gasteiger charge is 2.20. The molecular weight excluding hydrogens is 372 g/mol. The van der Waals surface area contributed by atoms with Crippen LogP contribution in [0.25, 0.3) is 0 Å². The van der Waals surface area contributed by atoms with Gasteiger partial charge in [0.2, 0.25) is 0 Å². The predicted molar refractivity (Wildman–Crippen MR) is 111 cm³/mol. The van der Waals surface area contributed by atoms with Gasteiger partial charge < -0.3 is 4.90 Å². The van der Waals surface area contributed by atoms with Gasteiger partial charge in [-0.2, -0.15) is 0 Å². The Balaban J connectivity index is 1.91. The van der Waals surface area contributed by atoms with Crippen LogP contribution in [0, 0.1) is 0 Å². The van der Waals surface area contributed by atoms with Crippen LogP contribution in [0.3, 0.4) is 0 Å². The van der Waals surface area contributed by atoms with Gasteiger partial charge in [0.15, 0.2) is 0 Å². The highest BCUT2D eigenvalue weighted by Crippen LogP contribution is 2.29. The van der Waals surface area contributed by atoms with Crippen molar-refractivity contribution in [3.8, 4) is 0 Å². The molecule has 0 fully saturated rings. The van der Waals surface area contributed by atoms with Crippen LogP contribution in [0.1, 0.15) is 42.5 Å². The fourth-order valence-corrected chi connectivity index (χ4v) is 4.17. The summed E-state index contributed by atoms with van der Waals surface area (Å²) in [5.41, 5.74) is 6.57. The van der Waals surface area contributed by atoms with Gasteiger partial charge in [-0.05, 0) is 56.1 Å². The third-order valence-corrected chi connectivity index (χ3v) is 5.83. The summed E-state index contributed by atoms with van der Waals surface area (Å²) in [4.78, 5) is 7.54. The van der Waals surface area contributed by atoms with Gasteiger partial charge in [0.1, 0.15) is 0 Å². The van der Waals surface area contributed by atoms with Crippen LogP contribution in [0.4, 0.5) is 0 Å². The summed E-state index contributed by atoms with van der Waals surface area (Å²) in [5.74, 6) is 0. The molecule has 3 rings (SSSR count). The van der Waals surface area contributed by atoms with E-state index in [1.165, 1.54) is 32.4 Å². The van der Waals surface area contributed by atoms with Crippen molar-refractivity contribution in [1.82, 2.24) is 4.90 Å². The molecule has 25 heavy (non-hydrogen) atoms. The zero-order valence-electron chi connectivity index (χ0n) is 15.3. The highest BCUT2D eigenvalue weighted by molar-refractivity contribution is 9.10. The first kappa shape index (κ1) is 18.3. The quantitative estimate of drug-likeness (QED) is 0.616. The molecule has 0 saturated heterocycles. The maximum absolute atomic E-state index is 5.08. The summed E-state index contributed by atoms with van der Waals surface area (Å²) in [6.45, 7) is 8.69. The first-order chi connectivity index (χ1) is 12.2. The van der Waals surface area contributed by atoms with Gasteiger partial charge in [0.25, 0.3) is 0 Å². The number of halogens is 1. The Morgan fingerprint density at radius 1 is 0.960 bits per heavy atom. The normalized spacial score (nSPS) is 15.1. The van der Waals surface area contributed by atoms with E-state index in [9.17, 15) is 0 Å². The summed E-state index contributed by atoms with van der Waals surface area (Å²) >= 11 is 3.75. The third kappa shape index (κ3) is 4.21. The van der Waals surface area contributed by atoms with Crippen molar-refractivity contribution < 1.29 is 0 Å². The lowest BCUT2D eigenvalue weighted by Crippen LogP contribution is -2.24. The minimum absolute atomic E-state index is 0.881. The molecular formula is C22H27BrN2. The molecule has 0 radical (unpaired) electrons. The van der Waals surface area contributed by atoms with E-state index in [0.717, 1.165) is 45.4 Å². The summed E-state index contributed by atoms with van der Waals surface area (Å²) in [6.07, 6.45) is 3.24. The Hall–Kier alpha value is -1.45. The second-order valence-corrected chi connectivity index (χ2v) is 7.39. The average Bonchev–Trinajstić information content (AvgIpc) is 2.80. The number of benzene rings is 2. The van der Waals surface area contributed by atoms with E-state index < -0.39 is 0 Å². The molecule has 132 valence electrons. The zero-order chi connectivity index (χ0) is 17.6. The molecule has 0 heterocycles. The fourth-order valence-electron chi connectivity index (χ4n) is 3.60. The van der Waals surface area contributed by atoms with Crippen molar-refractivity contribution in [2.75, 3.05) is 26.2 Å². The number of aliphatic imine (C=N–C) groups is 1. The Bertz CT molecular complexity index is 747. The SMILES string of the molecule is CCN(CC)CCCN=C1c2ccccc2CCc2c(Br)cccc21. The molecule has 0 aliphatic heterocycles. The number of aryl methyl sites for hydroxylation is 1. The second-order valence-electron chi connectivity index (χ2n) is 6.53. The van der Waals surface area contributed by atoms with E-state index in [4.69, 9.17) is 4.99 Å². The molecule has 0 spiro atoms. The monoisotopic (exact) mass is 398 g/mol. The van der Waals surface area contributed by atoms with E-state index >= 15 is 0 Å². The zero-order valence-corrected chi connectivity index (χ0v) is 16.8. The largest absolute Gasteiger partial charge is 0.304 e. The van der Waals surface area contributed by atoms with Gasteiger partial charge in [0.05, 0.1) is 5.71 Å². The summed E-state index contributed by atoms with van der Waals surface area (Å²) in [7, 11) is 0. The maximum Gasteiger partial charge on any atom is 0.0724 e. The second kappa shape index (κ2) is 8.77.